The molecule has 138 valence electrons. The topological polar surface area (TPSA) is 62.4 Å². The summed E-state index contributed by atoms with van der Waals surface area (Å²) in [6.07, 6.45) is 1.17. The molecule has 2 aromatic carbocycles. The summed E-state index contributed by atoms with van der Waals surface area (Å²) in [6.45, 7) is 1.24. The minimum absolute atomic E-state index is 0.112. The first kappa shape index (κ1) is 17.8. The second kappa shape index (κ2) is 7.19. The third-order valence-corrected chi connectivity index (χ3v) is 5.55. The number of amides is 1. The zero-order chi connectivity index (χ0) is 19.0. The van der Waals surface area contributed by atoms with Crippen molar-refractivity contribution in [1.29, 1.82) is 0 Å². The van der Waals surface area contributed by atoms with Crippen LogP contribution in [0.25, 0.3) is 10.9 Å². The zero-order valence-corrected chi connectivity index (χ0v) is 16.5. The monoisotopic (exact) mass is 426 g/mol. The number of hydrogen-bond donors (Lipinski definition) is 1. The van der Waals surface area contributed by atoms with Gasteiger partial charge in [0, 0.05) is 46.1 Å². The number of esters is 1. The van der Waals surface area contributed by atoms with Crippen LogP contribution in [0, 0.1) is 0 Å². The largest absolute Gasteiger partial charge is 0.465 e. The quantitative estimate of drug-likeness (QED) is 0.647. The number of aromatic amines is 1. The molecule has 5 nitrogen and oxygen atoms in total. The minimum Gasteiger partial charge on any atom is -0.465 e. The van der Waals surface area contributed by atoms with Crippen molar-refractivity contribution in [3.05, 3.63) is 69.3 Å². The number of rotatable bonds is 3. The molecule has 1 amide bonds. The fourth-order valence-corrected chi connectivity index (χ4v) is 3.82. The van der Waals surface area contributed by atoms with Crippen molar-refractivity contribution < 1.29 is 14.3 Å². The number of nitrogens with zero attached hydrogens (tertiary/aromatic N) is 1. The fraction of sp³-hybridized carbons (Fsp3) is 0.238. The first-order valence-electron chi connectivity index (χ1n) is 8.79. The molecule has 0 saturated heterocycles. The number of hydrogen-bond acceptors (Lipinski definition) is 3. The summed E-state index contributed by atoms with van der Waals surface area (Å²) in [7, 11) is 1.38. The Bertz CT molecular complexity index is 1020. The fourth-order valence-electron chi connectivity index (χ4n) is 3.56. The third-order valence-electron chi connectivity index (χ3n) is 5.02. The molecule has 0 radical (unpaired) electrons. The molecule has 0 unspecified atom stereocenters. The molecular formula is C21H19BrN2O3. The molecule has 1 aliphatic heterocycles. The summed E-state index contributed by atoms with van der Waals surface area (Å²) >= 11 is 3.41. The third kappa shape index (κ3) is 3.49. The van der Waals surface area contributed by atoms with Gasteiger partial charge >= 0.3 is 5.97 Å². The number of fused-ring (bicyclic) bond motifs is 3. The Kier molecular flexibility index (Phi) is 4.74. The molecule has 1 aromatic heterocycles. The molecule has 0 atom stereocenters. The molecule has 0 aliphatic carbocycles. The van der Waals surface area contributed by atoms with Gasteiger partial charge in [0.05, 0.1) is 19.1 Å². The number of H-pyrrole nitrogens is 1. The molecule has 0 saturated carbocycles. The van der Waals surface area contributed by atoms with Crippen molar-refractivity contribution in [2.24, 2.45) is 0 Å². The van der Waals surface area contributed by atoms with Crippen LogP contribution in [0.15, 0.2) is 46.9 Å². The minimum atomic E-state index is -0.356. The molecule has 4 rings (SSSR count). The van der Waals surface area contributed by atoms with E-state index in [0.29, 0.717) is 25.1 Å². The lowest BCUT2D eigenvalue weighted by Crippen LogP contribution is -2.36. The average molecular weight is 427 g/mol. The van der Waals surface area contributed by atoms with Gasteiger partial charge in [0.2, 0.25) is 5.91 Å². The summed E-state index contributed by atoms with van der Waals surface area (Å²) < 4.78 is 5.82. The Balaban J connectivity index is 1.58. The van der Waals surface area contributed by atoms with Crippen molar-refractivity contribution in [3.8, 4) is 0 Å². The molecule has 1 aliphatic rings. The van der Waals surface area contributed by atoms with E-state index >= 15 is 0 Å². The number of benzene rings is 2. The van der Waals surface area contributed by atoms with Crippen molar-refractivity contribution in [2.75, 3.05) is 13.7 Å². The van der Waals surface area contributed by atoms with E-state index in [1.807, 2.05) is 41.3 Å². The molecule has 27 heavy (non-hydrogen) atoms. The summed E-state index contributed by atoms with van der Waals surface area (Å²) in [5, 5.41) is 0.981. The number of carbonyl (C=O) groups excluding carboxylic acids is 2. The van der Waals surface area contributed by atoms with E-state index in [0.717, 1.165) is 38.6 Å². The van der Waals surface area contributed by atoms with E-state index in [1.54, 1.807) is 6.07 Å². The summed E-state index contributed by atoms with van der Waals surface area (Å²) in [5.41, 5.74) is 4.73. The SMILES string of the molecule is COC(=O)c1ccc2[nH]c3c(c2c1)CN(C(=O)Cc1ccc(Br)cc1)CC3. The van der Waals surface area contributed by atoms with Crippen molar-refractivity contribution >= 4 is 38.7 Å². The van der Waals surface area contributed by atoms with Gasteiger partial charge in [-0.15, -0.1) is 0 Å². The standard InChI is InChI=1S/C21H19BrN2O3/c1-27-21(26)14-4-7-18-16(11-14)17-12-24(9-8-19(17)23-18)20(25)10-13-2-5-15(22)6-3-13/h2-7,11,23H,8-10,12H2,1H3. The Morgan fingerprint density at radius 2 is 1.96 bits per heavy atom. The van der Waals surface area contributed by atoms with Gasteiger partial charge < -0.3 is 14.6 Å². The van der Waals surface area contributed by atoms with Crippen LogP contribution in [0.5, 0.6) is 0 Å². The summed E-state index contributed by atoms with van der Waals surface area (Å²) in [6, 6.07) is 13.3. The number of halogens is 1. The van der Waals surface area contributed by atoms with E-state index < -0.39 is 0 Å². The van der Waals surface area contributed by atoms with Crippen LogP contribution in [-0.4, -0.2) is 35.4 Å². The highest BCUT2D eigenvalue weighted by atomic mass is 79.9. The van der Waals surface area contributed by atoms with E-state index in [4.69, 9.17) is 4.74 Å². The van der Waals surface area contributed by atoms with Gasteiger partial charge in [0.15, 0.2) is 0 Å². The zero-order valence-electron chi connectivity index (χ0n) is 14.9. The number of nitrogens with one attached hydrogen (secondary N) is 1. The maximum Gasteiger partial charge on any atom is 0.337 e. The highest BCUT2D eigenvalue weighted by Crippen LogP contribution is 2.29. The molecule has 2 heterocycles. The lowest BCUT2D eigenvalue weighted by Gasteiger charge is -2.27. The van der Waals surface area contributed by atoms with Crippen molar-refractivity contribution in [3.63, 3.8) is 0 Å². The maximum absolute atomic E-state index is 12.8. The molecule has 3 aromatic rings. The first-order chi connectivity index (χ1) is 13.0. The van der Waals surface area contributed by atoms with Gasteiger partial charge in [-0.05, 0) is 35.9 Å². The number of methoxy groups -OCH3 is 1. The number of aromatic nitrogens is 1. The van der Waals surface area contributed by atoms with Crippen LogP contribution < -0.4 is 0 Å². The van der Waals surface area contributed by atoms with Crippen molar-refractivity contribution in [1.82, 2.24) is 9.88 Å². The maximum atomic E-state index is 12.8. The average Bonchev–Trinajstić information content (AvgIpc) is 3.06. The lowest BCUT2D eigenvalue weighted by atomic mass is 10.0. The van der Waals surface area contributed by atoms with Gasteiger partial charge in [-0.25, -0.2) is 4.79 Å². The van der Waals surface area contributed by atoms with Crippen LogP contribution in [0.4, 0.5) is 0 Å². The second-order valence-electron chi connectivity index (χ2n) is 6.70. The highest BCUT2D eigenvalue weighted by molar-refractivity contribution is 9.10. The lowest BCUT2D eigenvalue weighted by molar-refractivity contribution is -0.131. The summed E-state index contributed by atoms with van der Waals surface area (Å²) in [5.74, 6) is -0.243. The molecule has 1 N–H and O–H groups in total. The van der Waals surface area contributed by atoms with E-state index in [1.165, 1.54) is 7.11 Å². The molecular weight excluding hydrogens is 408 g/mol. The molecule has 0 spiro atoms. The van der Waals surface area contributed by atoms with E-state index in [2.05, 4.69) is 20.9 Å². The van der Waals surface area contributed by atoms with E-state index in [-0.39, 0.29) is 11.9 Å². The van der Waals surface area contributed by atoms with Crippen LogP contribution in [0.1, 0.15) is 27.2 Å². The smallest absolute Gasteiger partial charge is 0.337 e. The Labute approximate surface area is 165 Å². The van der Waals surface area contributed by atoms with Gasteiger partial charge in [-0.1, -0.05) is 28.1 Å². The predicted molar refractivity (Wildman–Crippen MR) is 107 cm³/mol. The van der Waals surface area contributed by atoms with Gasteiger partial charge in [-0.2, -0.15) is 0 Å². The highest BCUT2D eigenvalue weighted by Gasteiger charge is 2.24. The molecule has 6 heteroatoms. The first-order valence-corrected chi connectivity index (χ1v) is 9.58. The second-order valence-corrected chi connectivity index (χ2v) is 7.62. The normalized spacial score (nSPS) is 13.5. The Morgan fingerprint density at radius 1 is 1.19 bits per heavy atom. The Hall–Kier alpha value is -2.60. The van der Waals surface area contributed by atoms with Crippen LogP contribution >= 0.6 is 15.9 Å². The van der Waals surface area contributed by atoms with Gasteiger partial charge in [0.1, 0.15) is 0 Å². The predicted octanol–water partition coefficient (Wildman–Crippen LogP) is 3.84. The number of ether oxygens (including phenoxy) is 1. The van der Waals surface area contributed by atoms with Gasteiger partial charge in [0.25, 0.3) is 0 Å². The number of carbonyl (C=O) groups is 2. The van der Waals surface area contributed by atoms with E-state index in [9.17, 15) is 9.59 Å². The summed E-state index contributed by atoms with van der Waals surface area (Å²) in [4.78, 5) is 29.9. The van der Waals surface area contributed by atoms with Gasteiger partial charge in [-0.3, -0.25) is 4.79 Å². The van der Waals surface area contributed by atoms with Crippen LogP contribution in [-0.2, 0) is 28.9 Å². The molecule has 0 bridgehead atoms. The van der Waals surface area contributed by atoms with Crippen molar-refractivity contribution in [2.45, 2.75) is 19.4 Å². The Morgan fingerprint density at radius 3 is 2.70 bits per heavy atom. The van der Waals surface area contributed by atoms with Crippen LogP contribution in [0.3, 0.4) is 0 Å². The molecule has 0 fully saturated rings. The van der Waals surface area contributed by atoms with Crippen LogP contribution in [0.2, 0.25) is 0 Å².